The third-order valence-corrected chi connectivity index (χ3v) is 4.20. The lowest BCUT2D eigenvalue weighted by molar-refractivity contribution is -0.136. The van der Waals surface area contributed by atoms with Crippen LogP contribution in [0.25, 0.3) is 0 Å². The predicted octanol–water partition coefficient (Wildman–Crippen LogP) is 0.799. The first kappa shape index (κ1) is 14.5. The van der Waals surface area contributed by atoms with Crippen molar-refractivity contribution in [2.24, 2.45) is 0 Å². The molecule has 1 aromatic rings. The van der Waals surface area contributed by atoms with Crippen molar-refractivity contribution >= 4 is 35.3 Å². The van der Waals surface area contributed by atoms with Crippen LogP contribution in [0.1, 0.15) is 39.1 Å². The SMILES string of the molecule is O=C1CCC(N2Cc3c(C(=O)O)ccc(Cl)c3C2=O)C(=O)N1. The summed E-state index contributed by atoms with van der Waals surface area (Å²) < 4.78 is 0. The Hall–Kier alpha value is -2.41. The first-order chi connectivity index (χ1) is 10.4. The molecule has 7 nitrogen and oxygen atoms in total. The van der Waals surface area contributed by atoms with E-state index in [0.29, 0.717) is 5.56 Å². The predicted molar refractivity (Wildman–Crippen MR) is 74.5 cm³/mol. The summed E-state index contributed by atoms with van der Waals surface area (Å²) in [5.41, 5.74) is 0.406. The van der Waals surface area contributed by atoms with Crippen molar-refractivity contribution in [3.63, 3.8) is 0 Å². The molecule has 2 aliphatic heterocycles. The number of carbonyl (C=O) groups excluding carboxylic acids is 3. The molecule has 1 aromatic carbocycles. The molecule has 0 saturated carbocycles. The summed E-state index contributed by atoms with van der Waals surface area (Å²) in [7, 11) is 0. The summed E-state index contributed by atoms with van der Waals surface area (Å²) in [5, 5.41) is 11.5. The van der Waals surface area contributed by atoms with Crippen molar-refractivity contribution in [2.45, 2.75) is 25.4 Å². The third-order valence-electron chi connectivity index (χ3n) is 3.88. The Morgan fingerprint density at radius 2 is 2.05 bits per heavy atom. The lowest BCUT2D eigenvalue weighted by Gasteiger charge is -2.29. The second kappa shape index (κ2) is 5.10. The van der Waals surface area contributed by atoms with Crippen LogP contribution < -0.4 is 5.32 Å². The molecule has 2 heterocycles. The normalized spacial score (nSPS) is 20.9. The Morgan fingerprint density at radius 1 is 1.32 bits per heavy atom. The van der Waals surface area contributed by atoms with Crippen molar-refractivity contribution < 1.29 is 24.3 Å². The number of carbonyl (C=O) groups is 4. The van der Waals surface area contributed by atoms with Crippen molar-refractivity contribution in [3.8, 4) is 0 Å². The Labute approximate surface area is 129 Å². The zero-order valence-electron chi connectivity index (χ0n) is 11.3. The van der Waals surface area contributed by atoms with Gasteiger partial charge in [0.05, 0.1) is 16.1 Å². The van der Waals surface area contributed by atoms with Gasteiger partial charge in [0, 0.05) is 18.5 Å². The van der Waals surface area contributed by atoms with Gasteiger partial charge in [-0.2, -0.15) is 0 Å². The number of imide groups is 1. The molecular weight excluding hydrogens is 312 g/mol. The highest BCUT2D eigenvalue weighted by molar-refractivity contribution is 6.34. The van der Waals surface area contributed by atoms with E-state index >= 15 is 0 Å². The van der Waals surface area contributed by atoms with Crippen LogP contribution in [-0.2, 0) is 16.1 Å². The van der Waals surface area contributed by atoms with Gasteiger partial charge < -0.3 is 10.0 Å². The zero-order valence-corrected chi connectivity index (χ0v) is 12.0. The smallest absolute Gasteiger partial charge is 0.336 e. The fraction of sp³-hybridized carbons (Fsp3) is 0.286. The number of hydrogen-bond donors (Lipinski definition) is 2. The maximum Gasteiger partial charge on any atom is 0.336 e. The van der Waals surface area contributed by atoms with Gasteiger partial charge in [0.15, 0.2) is 0 Å². The van der Waals surface area contributed by atoms with Crippen LogP contribution in [0.4, 0.5) is 0 Å². The summed E-state index contributed by atoms with van der Waals surface area (Å²) in [6, 6.07) is 1.90. The minimum absolute atomic E-state index is 0.0113. The zero-order chi connectivity index (χ0) is 16.0. The third kappa shape index (κ3) is 2.14. The van der Waals surface area contributed by atoms with Gasteiger partial charge in [0.2, 0.25) is 11.8 Å². The number of amides is 3. The van der Waals surface area contributed by atoms with E-state index < -0.39 is 23.8 Å². The van der Waals surface area contributed by atoms with Crippen molar-refractivity contribution in [2.75, 3.05) is 0 Å². The molecular formula is C14H11ClN2O5. The van der Waals surface area contributed by atoms with Crippen LogP contribution in [0, 0.1) is 0 Å². The molecule has 1 saturated heterocycles. The molecule has 3 rings (SSSR count). The second-order valence-corrected chi connectivity index (χ2v) is 5.56. The maximum absolute atomic E-state index is 12.5. The number of piperidine rings is 1. The van der Waals surface area contributed by atoms with Gasteiger partial charge in [-0.25, -0.2) is 4.79 Å². The standard InChI is InChI=1S/C14H11ClN2O5/c15-8-2-1-6(14(21)22)7-5-17(13(20)11(7)8)9-3-4-10(18)16-12(9)19/h1-2,9H,3-5H2,(H,21,22)(H,16,18,19). The van der Waals surface area contributed by atoms with E-state index in [1.165, 1.54) is 17.0 Å². The summed E-state index contributed by atoms with van der Waals surface area (Å²) in [6.07, 6.45) is 0.348. The number of nitrogens with zero attached hydrogens (tertiary/aromatic N) is 1. The van der Waals surface area contributed by atoms with E-state index in [-0.39, 0.29) is 41.4 Å². The number of carboxylic acid groups (broad SMARTS) is 1. The van der Waals surface area contributed by atoms with E-state index in [4.69, 9.17) is 11.6 Å². The minimum Gasteiger partial charge on any atom is -0.478 e. The number of aromatic carboxylic acids is 1. The van der Waals surface area contributed by atoms with Crippen LogP contribution in [0.5, 0.6) is 0 Å². The number of rotatable bonds is 2. The molecule has 3 amide bonds. The van der Waals surface area contributed by atoms with Gasteiger partial charge in [0.1, 0.15) is 6.04 Å². The Morgan fingerprint density at radius 3 is 2.68 bits per heavy atom. The highest BCUT2D eigenvalue weighted by Gasteiger charge is 2.41. The maximum atomic E-state index is 12.5. The quantitative estimate of drug-likeness (QED) is 0.784. The van der Waals surface area contributed by atoms with E-state index in [2.05, 4.69) is 5.32 Å². The summed E-state index contributed by atoms with van der Waals surface area (Å²) in [5.74, 6) is -2.58. The average Bonchev–Trinajstić information content (AvgIpc) is 2.77. The largest absolute Gasteiger partial charge is 0.478 e. The van der Waals surface area contributed by atoms with E-state index in [1.54, 1.807) is 0 Å². The lowest BCUT2D eigenvalue weighted by Crippen LogP contribution is -2.52. The first-order valence-corrected chi connectivity index (χ1v) is 6.97. The molecule has 8 heteroatoms. The lowest BCUT2D eigenvalue weighted by atomic mass is 10.0. The van der Waals surface area contributed by atoms with Gasteiger partial charge >= 0.3 is 5.97 Å². The molecule has 0 aliphatic carbocycles. The molecule has 1 fully saturated rings. The topological polar surface area (TPSA) is 104 Å². The molecule has 2 aliphatic rings. The van der Waals surface area contributed by atoms with Crippen molar-refractivity contribution in [1.82, 2.24) is 10.2 Å². The molecule has 0 aromatic heterocycles. The van der Waals surface area contributed by atoms with Gasteiger partial charge in [-0.1, -0.05) is 11.6 Å². The molecule has 0 bridgehead atoms. The highest BCUT2D eigenvalue weighted by Crippen LogP contribution is 2.34. The number of nitrogens with one attached hydrogen (secondary N) is 1. The fourth-order valence-corrected chi connectivity index (χ4v) is 3.09. The Balaban J connectivity index is 1.99. The number of benzene rings is 1. The van der Waals surface area contributed by atoms with Crippen LogP contribution in [0.15, 0.2) is 12.1 Å². The molecule has 114 valence electrons. The summed E-state index contributed by atoms with van der Waals surface area (Å²) >= 11 is 6.01. The van der Waals surface area contributed by atoms with Gasteiger partial charge in [-0.3, -0.25) is 19.7 Å². The number of fused-ring (bicyclic) bond motifs is 1. The molecule has 2 N–H and O–H groups in total. The number of carboxylic acids is 1. The van der Waals surface area contributed by atoms with Crippen LogP contribution >= 0.6 is 11.6 Å². The molecule has 1 atom stereocenters. The van der Waals surface area contributed by atoms with Gasteiger partial charge in [-0.15, -0.1) is 0 Å². The van der Waals surface area contributed by atoms with Crippen LogP contribution in [0.3, 0.4) is 0 Å². The summed E-state index contributed by atoms with van der Waals surface area (Å²) in [4.78, 5) is 48.2. The monoisotopic (exact) mass is 322 g/mol. The second-order valence-electron chi connectivity index (χ2n) is 5.15. The Bertz CT molecular complexity index is 730. The van der Waals surface area contributed by atoms with E-state index in [9.17, 15) is 24.3 Å². The molecule has 22 heavy (non-hydrogen) atoms. The molecule has 1 unspecified atom stereocenters. The Kier molecular flexibility index (Phi) is 3.37. The number of hydrogen-bond acceptors (Lipinski definition) is 4. The molecule has 0 spiro atoms. The van der Waals surface area contributed by atoms with Gasteiger partial charge in [0.25, 0.3) is 5.91 Å². The first-order valence-electron chi connectivity index (χ1n) is 6.59. The van der Waals surface area contributed by atoms with Crippen LogP contribution in [0.2, 0.25) is 5.02 Å². The summed E-state index contributed by atoms with van der Waals surface area (Å²) in [6.45, 7) is -0.0113. The van der Waals surface area contributed by atoms with Crippen LogP contribution in [-0.4, -0.2) is 39.7 Å². The van der Waals surface area contributed by atoms with Crippen molar-refractivity contribution in [1.29, 1.82) is 0 Å². The fourth-order valence-electron chi connectivity index (χ4n) is 2.83. The highest BCUT2D eigenvalue weighted by atomic mass is 35.5. The van der Waals surface area contributed by atoms with E-state index in [0.717, 1.165) is 0 Å². The minimum atomic E-state index is -1.16. The molecule has 0 radical (unpaired) electrons. The van der Waals surface area contributed by atoms with Crippen molar-refractivity contribution in [3.05, 3.63) is 33.8 Å². The average molecular weight is 323 g/mol. The van der Waals surface area contributed by atoms with E-state index in [1.807, 2.05) is 0 Å². The van der Waals surface area contributed by atoms with Gasteiger partial charge in [-0.05, 0) is 18.6 Å². The number of halogens is 1.